The zero-order valence-electron chi connectivity index (χ0n) is 15.9. The van der Waals surface area contributed by atoms with Crippen molar-refractivity contribution in [1.29, 1.82) is 0 Å². The molecule has 2 atom stereocenters. The van der Waals surface area contributed by atoms with E-state index in [9.17, 15) is 19.5 Å². The third-order valence-electron chi connectivity index (χ3n) is 4.04. The van der Waals surface area contributed by atoms with Crippen molar-refractivity contribution in [2.45, 2.75) is 13.0 Å². The fourth-order valence-electron chi connectivity index (χ4n) is 2.60. The lowest BCUT2D eigenvalue weighted by Gasteiger charge is -2.23. The maximum Gasteiger partial charge on any atom is 0.414 e. The first-order valence-electron chi connectivity index (χ1n) is 8.67. The Morgan fingerprint density at radius 3 is 2.38 bits per heavy atom. The number of phenols is 1. The van der Waals surface area contributed by atoms with E-state index in [-0.39, 0.29) is 17.1 Å². The van der Waals surface area contributed by atoms with Crippen LogP contribution in [0.15, 0.2) is 60.7 Å². The highest BCUT2D eigenvalue weighted by Gasteiger charge is 2.24. The predicted molar refractivity (Wildman–Crippen MR) is 104 cm³/mol. The number of amides is 2. The van der Waals surface area contributed by atoms with E-state index in [0.717, 1.165) is 6.08 Å². The van der Waals surface area contributed by atoms with Crippen LogP contribution in [0.4, 0.5) is 4.79 Å². The van der Waals surface area contributed by atoms with Gasteiger partial charge >= 0.3 is 12.1 Å². The number of hydrogen-bond acceptors (Lipinski definition) is 6. The molecule has 152 valence electrons. The number of aromatic hydroxyl groups is 1. The summed E-state index contributed by atoms with van der Waals surface area (Å²) in [6.45, 7) is 1.64. The van der Waals surface area contributed by atoms with Gasteiger partial charge in [0.05, 0.1) is 7.11 Å². The van der Waals surface area contributed by atoms with Crippen molar-refractivity contribution in [3.05, 3.63) is 71.8 Å². The van der Waals surface area contributed by atoms with Gasteiger partial charge in [-0.1, -0.05) is 37.3 Å². The minimum atomic E-state index is -1.16. The Labute approximate surface area is 167 Å². The van der Waals surface area contributed by atoms with E-state index in [1.807, 2.05) is 0 Å². The van der Waals surface area contributed by atoms with Crippen LogP contribution in [0.1, 0.15) is 28.9 Å². The SMILES string of the molecule is COc1ccc([C@H](OC(=O)NC(=O)c2ccccc2)[C@@H](C)/C=C/C(=O)O)cc1O. The fourth-order valence-corrected chi connectivity index (χ4v) is 2.60. The normalized spacial score (nSPS) is 12.8. The first-order valence-corrected chi connectivity index (χ1v) is 8.67. The topological polar surface area (TPSA) is 122 Å². The summed E-state index contributed by atoms with van der Waals surface area (Å²) in [5.41, 5.74) is 0.676. The number of phenolic OH excluding ortho intramolecular Hbond substituents is 1. The molecule has 0 fully saturated rings. The van der Waals surface area contributed by atoms with Gasteiger partial charge in [-0.15, -0.1) is 0 Å². The number of hydrogen-bond donors (Lipinski definition) is 3. The molecular formula is C21H21NO7. The number of methoxy groups -OCH3 is 1. The standard InChI is InChI=1S/C21H21NO7/c1-13(8-11-18(24)25)19(15-9-10-17(28-2)16(23)12-15)29-21(27)22-20(26)14-6-4-3-5-7-14/h3-13,19,23H,1-2H3,(H,24,25)(H,22,26,27)/b11-8+/t13-,19+/m0/s1. The summed E-state index contributed by atoms with van der Waals surface area (Å²) < 4.78 is 10.4. The van der Waals surface area contributed by atoms with Crippen molar-refractivity contribution in [3.63, 3.8) is 0 Å². The van der Waals surface area contributed by atoms with Crippen LogP contribution in [0.25, 0.3) is 0 Å². The largest absolute Gasteiger partial charge is 0.504 e. The number of imide groups is 1. The monoisotopic (exact) mass is 399 g/mol. The molecule has 0 aliphatic heterocycles. The molecule has 2 aromatic rings. The van der Waals surface area contributed by atoms with Crippen molar-refractivity contribution < 1.29 is 34.1 Å². The number of nitrogens with one attached hydrogen (secondary N) is 1. The highest BCUT2D eigenvalue weighted by molar-refractivity contribution is 6.02. The molecule has 0 aromatic heterocycles. The van der Waals surface area contributed by atoms with Gasteiger partial charge in [0.25, 0.3) is 5.91 Å². The molecule has 0 saturated heterocycles. The average Bonchev–Trinajstić information content (AvgIpc) is 2.70. The second kappa shape index (κ2) is 9.93. The number of carboxylic acid groups (broad SMARTS) is 1. The number of ether oxygens (including phenoxy) is 2. The summed E-state index contributed by atoms with van der Waals surface area (Å²) in [6.07, 6.45) is 0.304. The molecule has 0 heterocycles. The number of alkyl carbamates (subject to hydrolysis) is 1. The van der Waals surface area contributed by atoms with Crippen molar-refractivity contribution in [3.8, 4) is 11.5 Å². The molecule has 8 heteroatoms. The van der Waals surface area contributed by atoms with Crippen LogP contribution in [0, 0.1) is 5.92 Å². The van der Waals surface area contributed by atoms with Crippen LogP contribution in [0.3, 0.4) is 0 Å². The number of carboxylic acids is 1. The second-order valence-electron chi connectivity index (χ2n) is 6.13. The van der Waals surface area contributed by atoms with Crippen LogP contribution in [0.2, 0.25) is 0 Å². The maximum absolute atomic E-state index is 12.3. The molecule has 0 saturated carbocycles. The van der Waals surface area contributed by atoms with Gasteiger partial charge < -0.3 is 19.7 Å². The quantitative estimate of drug-likeness (QED) is 0.611. The number of aliphatic carboxylic acids is 1. The lowest BCUT2D eigenvalue weighted by Crippen LogP contribution is -2.33. The first kappa shape index (κ1) is 21.5. The van der Waals surface area contributed by atoms with E-state index < -0.39 is 30.0 Å². The van der Waals surface area contributed by atoms with Gasteiger partial charge in [-0.25, -0.2) is 9.59 Å². The molecular weight excluding hydrogens is 378 g/mol. The van der Waals surface area contributed by atoms with Crippen LogP contribution in [0.5, 0.6) is 11.5 Å². The van der Waals surface area contributed by atoms with Gasteiger partial charge in [0.15, 0.2) is 11.5 Å². The Bertz CT molecular complexity index is 909. The Morgan fingerprint density at radius 2 is 1.79 bits per heavy atom. The maximum atomic E-state index is 12.3. The molecule has 8 nitrogen and oxygen atoms in total. The van der Waals surface area contributed by atoms with E-state index in [1.54, 1.807) is 43.3 Å². The molecule has 0 aliphatic carbocycles. The lowest BCUT2D eigenvalue weighted by molar-refractivity contribution is -0.131. The molecule has 2 rings (SSSR count). The van der Waals surface area contributed by atoms with E-state index in [1.165, 1.54) is 25.3 Å². The number of rotatable bonds is 7. The zero-order valence-corrected chi connectivity index (χ0v) is 15.9. The van der Waals surface area contributed by atoms with E-state index in [4.69, 9.17) is 14.6 Å². The van der Waals surface area contributed by atoms with Crippen LogP contribution >= 0.6 is 0 Å². The molecule has 2 aromatic carbocycles. The zero-order chi connectivity index (χ0) is 21.4. The third kappa shape index (κ3) is 6.10. The van der Waals surface area contributed by atoms with E-state index in [2.05, 4.69) is 5.32 Å². The second-order valence-corrected chi connectivity index (χ2v) is 6.13. The van der Waals surface area contributed by atoms with Gasteiger partial charge in [-0.2, -0.15) is 0 Å². The minimum Gasteiger partial charge on any atom is -0.504 e. The molecule has 3 N–H and O–H groups in total. The molecule has 0 bridgehead atoms. The summed E-state index contributed by atoms with van der Waals surface area (Å²) in [5, 5.41) is 21.0. The Morgan fingerprint density at radius 1 is 1.10 bits per heavy atom. The summed E-state index contributed by atoms with van der Waals surface area (Å²) in [5.74, 6) is -2.31. The van der Waals surface area contributed by atoms with E-state index in [0.29, 0.717) is 5.56 Å². The van der Waals surface area contributed by atoms with Crippen molar-refractivity contribution >= 4 is 18.0 Å². The van der Waals surface area contributed by atoms with Gasteiger partial charge in [-0.05, 0) is 29.8 Å². The fraction of sp³-hybridized carbons (Fsp3) is 0.190. The molecule has 0 radical (unpaired) electrons. The molecule has 29 heavy (non-hydrogen) atoms. The highest BCUT2D eigenvalue weighted by Crippen LogP contribution is 2.34. The Hall–Kier alpha value is -3.81. The Balaban J connectivity index is 2.22. The molecule has 0 unspecified atom stereocenters. The van der Waals surface area contributed by atoms with Crippen LogP contribution in [-0.2, 0) is 9.53 Å². The average molecular weight is 399 g/mol. The first-order chi connectivity index (χ1) is 13.8. The van der Waals surface area contributed by atoms with Crippen LogP contribution in [-0.4, -0.2) is 35.3 Å². The molecule has 2 amide bonds. The highest BCUT2D eigenvalue weighted by atomic mass is 16.6. The van der Waals surface area contributed by atoms with Crippen molar-refractivity contribution in [1.82, 2.24) is 5.32 Å². The Kier molecular flexibility index (Phi) is 7.36. The summed E-state index contributed by atoms with van der Waals surface area (Å²) >= 11 is 0. The summed E-state index contributed by atoms with van der Waals surface area (Å²) in [4.78, 5) is 35.2. The van der Waals surface area contributed by atoms with E-state index >= 15 is 0 Å². The molecule has 0 spiro atoms. The number of carbonyl (C=O) groups excluding carboxylic acids is 2. The smallest absolute Gasteiger partial charge is 0.414 e. The van der Waals surface area contributed by atoms with Crippen molar-refractivity contribution in [2.75, 3.05) is 7.11 Å². The minimum absolute atomic E-state index is 0.172. The lowest BCUT2D eigenvalue weighted by atomic mass is 9.96. The number of benzene rings is 2. The number of carbonyl (C=O) groups is 3. The summed E-state index contributed by atoms with van der Waals surface area (Å²) in [7, 11) is 1.39. The van der Waals surface area contributed by atoms with Gasteiger partial charge in [0, 0.05) is 17.6 Å². The summed E-state index contributed by atoms with van der Waals surface area (Å²) in [6, 6.07) is 12.5. The van der Waals surface area contributed by atoms with Crippen LogP contribution < -0.4 is 10.1 Å². The van der Waals surface area contributed by atoms with Gasteiger partial charge in [-0.3, -0.25) is 10.1 Å². The van der Waals surface area contributed by atoms with Crippen molar-refractivity contribution in [2.24, 2.45) is 5.92 Å². The van der Waals surface area contributed by atoms with Gasteiger partial charge in [0.2, 0.25) is 0 Å². The molecule has 0 aliphatic rings. The predicted octanol–water partition coefficient (Wildman–Crippen LogP) is 3.29. The third-order valence-corrected chi connectivity index (χ3v) is 4.04. The van der Waals surface area contributed by atoms with Gasteiger partial charge in [0.1, 0.15) is 6.10 Å².